The monoisotopic (exact) mass is 237 g/mol. The van der Waals surface area contributed by atoms with Crippen molar-refractivity contribution in [1.29, 1.82) is 0 Å². The quantitative estimate of drug-likeness (QED) is 0.725. The van der Waals surface area contributed by atoms with Crippen LogP contribution in [0, 0.1) is 5.92 Å². The molecule has 1 heterocycles. The maximum absolute atomic E-state index is 12.2. The van der Waals surface area contributed by atoms with Crippen LogP contribution in [-0.4, -0.2) is 35.6 Å². The van der Waals surface area contributed by atoms with Crippen molar-refractivity contribution in [1.82, 2.24) is 10.2 Å². The second-order valence-electron chi connectivity index (χ2n) is 6.07. The fourth-order valence-corrected chi connectivity index (χ4v) is 3.86. The van der Waals surface area contributed by atoms with Crippen LogP contribution < -0.4 is 11.1 Å². The Labute approximate surface area is 103 Å². The summed E-state index contributed by atoms with van der Waals surface area (Å²) in [6, 6.07) is 1.31. The lowest BCUT2D eigenvalue weighted by molar-refractivity contribution is 0.185. The van der Waals surface area contributed by atoms with E-state index in [0.717, 1.165) is 32.2 Å². The van der Waals surface area contributed by atoms with Gasteiger partial charge in [-0.05, 0) is 38.0 Å². The fourth-order valence-electron chi connectivity index (χ4n) is 3.86. The first-order valence-electron chi connectivity index (χ1n) is 7.05. The van der Waals surface area contributed by atoms with E-state index in [1.165, 1.54) is 19.3 Å². The van der Waals surface area contributed by atoms with E-state index in [-0.39, 0.29) is 6.03 Å². The van der Waals surface area contributed by atoms with Crippen molar-refractivity contribution in [3.63, 3.8) is 0 Å². The van der Waals surface area contributed by atoms with E-state index in [1.54, 1.807) is 0 Å². The number of nitrogens with one attached hydrogen (secondary N) is 1. The van der Waals surface area contributed by atoms with Crippen LogP contribution in [0.25, 0.3) is 0 Å². The van der Waals surface area contributed by atoms with Crippen LogP contribution in [0.2, 0.25) is 0 Å². The third-order valence-electron chi connectivity index (χ3n) is 4.66. The molecule has 4 nitrogen and oxygen atoms in total. The minimum absolute atomic E-state index is 0.165. The number of nitrogens with two attached hydrogens (primary N) is 1. The van der Waals surface area contributed by atoms with Crippen molar-refractivity contribution in [3.05, 3.63) is 0 Å². The van der Waals surface area contributed by atoms with Gasteiger partial charge >= 0.3 is 6.03 Å². The predicted molar refractivity (Wildman–Crippen MR) is 66.6 cm³/mol. The Morgan fingerprint density at radius 3 is 2.71 bits per heavy atom. The zero-order valence-corrected chi connectivity index (χ0v) is 10.4. The number of carbonyl (C=O) groups is 1. The SMILES string of the molecule is NC1CC2CC(C1)N(C(=O)NC1CCCC1)C2. The molecule has 2 amide bonds. The Balaban J connectivity index is 1.58. The molecule has 3 unspecified atom stereocenters. The van der Waals surface area contributed by atoms with Gasteiger partial charge in [-0.25, -0.2) is 4.79 Å². The van der Waals surface area contributed by atoms with E-state index < -0.39 is 0 Å². The van der Waals surface area contributed by atoms with Gasteiger partial charge in [0.05, 0.1) is 0 Å². The van der Waals surface area contributed by atoms with Crippen molar-refractivity contribution in [2.45, 2.75) is 63.1 Å². The molecule has 3 N–H and O–H groups in total. The maximum atomic E-state index is 12.2. The number of carbonyl (C=O) groups excluding carboxylic acids is 1. The first kappa shape index (κ1) is 11.3. The Morgan fingerprint density at radius 2 is 1.94 bits per heavy atom. The molecule has 2 saturated carbocycles. The van der Waals surface area contributed by atoms with Crippen LogP contribution in [0.5, 0.6) is 0 Å². The first-order chi connectivity index (χ1) is 8.22. The highest BCUT2D eigenvalue weighted by molar-refractivity contribution is 5.75. The zero-order valence-electron chi connectivity index (χ0n) is 10.4. The summed E-state index contributed by atoms with van der Waals surface area (Å²) in [6.07, 6.45) is 8.12. The topological polar surface area (TPSA) is 58.4 Å². The van der Waals surface area contributed by atoms with Crippen molar-refractivity contribution in [2.75, 3.05) is 6.54 Å². The molecule has 1 aliphatic heterocycles. The molecule has 0 spiro atoms. The van der Waals surface area contributed by atoms with E-state index in [2.05, 4.69) is 10.2 Å². The molecule has 4 heteroatoms. The average Bonchev–Trinajstić information content (AvgIpc) is 2.86. The average molecular weight is 237 g/mol. The lowest BCUT2D eigenvalue weighted by Gasteiger charge is -2.28. The normalized spacial score (nSPS) is 37.5. The summed E-state index contributed by atoms with van der Waals surface area (Å²) in [5.41, 5.74) is 6.02. The first-order valence-corrected chi connectivity index (χ1v) is 7.05. The van der Waals surface area contributed by atoms with E-state index >= 15 is 0 Å². The molecule has 0 aromatic rings. The van der Waals surface area contributed by atoms with Crippen molar-refractivity contribution < 1.29 is 4.79 Å². The summed E-state index contributed by atoms with van der Waals surface area (Å²) in [6.45, 7) is 0.928. The molecule has 0 aromatic heterocycles. The molecule has 3 rings (SSSR count). The number of amides is 2. The van der Waals surface area contributed by atoms with Crippen molar-refractivity contribution in [3.8, 4) is 0 Å². The molecule has 0 aromatic carbocycles. The third-order valence-corrected chi connectivity index (χ3v) is 4.66. The summed E-state index contributed by atoms with van der Waals surface area (Å²) >= 11 is 0. The van der Waals surface area contributed by atoms with Gasteiger partial charge in [-0.3, -0.25) is 0 Å². The molecular formula is C13H23N3O. The Bertz CT molecular complexity index is 301. The number of hydrogen-bond acceptors (Lipinski definition) is 2. The number of urea groups is 1. The van der Waals surface area contributed by atoms with Gasteiger partial charge in [0.25, 0.3) is 0 Å². The number of hydrogen-bond donors (Lipinski definition) is 2. The summed E-state index contributed by atoms with van der Waals surface area (Å²) in [4.78, 5) is 14.3. The van der Waals surface area contributed by atoms with Gasteiger partial charge in [-0.2, -0.15) is 0 Å². The van der Waals surface area contributed by atoms with Gasteiger partial charge in [0.1, 0.15) is 0 Å². The highest BCUT2D eigenvalue weighted by Gasteiger charge is 2.40. The Kier molecular flexibility index (Phi) is 2.99. The van der Waals surface area contributed by atoms with E-state index in [0.29, 0.717) is 24.0 Å². The highest BCUT2D eigenvalue weighted by Crippen LogP contribution is 2.35. The predicted octanol–water partition coefficient (Wildman–Crippen LogP) is 1.45. The Morgan fingerprint density at radius 1 is 1.18 bits per heavy atom. The van der Waals surface area contributed by atoms with Crippen LogP contribution in [0.1, 0.15) is 44.9 Å². The van der Waals surface area contributed by atoms with Crippen LogP contribution in [-0.2, 0) is 0 Å². The van der Waals surface area contributed by atoms with Gasteiger partial charge in [-0.15, -0.1) is 0 Å². The fraction of sp³-hybridized carbons (Fsp3) is 0.923. The van der Waals surface area contributed by atoms with Gasteiger partial charge in [0, 0.05) is 24.7 Å². The number of fused-ring (bicyclic) bond motifs is 2. The van der Waals surface area contributed by atoms with Crippen LogP contribution in [0.3, 0.4) is 0 Å². The van der Waals surface area contributed by atoms with Gasteiger partial charge in [-0.1, -0.05) is 12.8 Å². The van der Waals surface area contributed by atoms with Gasteiger partial charge in [0.15, 0.2) is 0 Å². The van der Waals surface area contributed by atoms with Crippen molar-refractivity contribution >= 4 is 6.03 Å². The summed E-state index contributed by atoms with van der Waals surface area (Å²) in [7, 11) is 0. The van der Waals surface area contributed by atoms with Crippen molar-refractivity contribution in [2.24, 2.45) is 11.7 Å². The smallest absolute Gasteiger partial charge is 0.317 e. The standard InChI is InChI=1S/C13H23N3O/c14-10-5-9-6-12(7-10)16(8-9)13(17)15-11-3-1-2-4-11/h9-12H,1-8,14H2,(H,15,17). The molecular weight excluding hydrogens is 214 g/mol. The minimum atomic E-state index is 0.165. The van der Waals surface area contributed by atoms with E-state index in [1.807, 2.05) is 0 Å². The second-order valence-corrected chi connectivity index (χ2v) is 6.07. The van der Waals surface area contributed by atoms with Gasteiger partial charge < -0.3 is 16.0 Å². The molecule has 0 radical (unpaired) electrons. The minimum Gasteiger partial charge on any atom is -0.335 e. The second kappa shape index (κ2) is 4.48. The molecule has 3 aliphatic rings. The molecule has 1 saturated heterocycles. The van der Waals surface area contributed by atoms with Gasteiger partial charge in [0.2, 0.25) is 0 Å². The maximum Gasteiger partial charge on any atom is 0.317 e. The summed E-state index contributed by atoms with van der Waals surface area (Å²) in [5.74, 6) is 0.651. The number of nitrogens with zero attached hydrogens (tertiary/aromatic N) is 1. The summed E-state index contributed by atoms with van der Waals surface area (Å²) in [5, 5.41) is 3.19. The third kappa shape index (κ3) is 2.28. The van der Waals surface area contributed by atoms with Crippen LogP contribution in [0.15, 0.2) is 0 Å². The largest absolute Gasteiger partial charge is 0.335 e. The Hall–Kier alpha value is -0.770. The molecule has 3 fully saturated rings. The molecule has 3 atom stereocenters. The number of rotatable bonds is 1. The molecule has 17 heavy (non-hydrogen) atoms. The molecule has 2 bridgehead atoms. The zero-order chi connectivity index (χ0) is 11.8. The number of likely N-dealkylation sites (tertiary alicyclic amines) is 1. The highest BCUT2D eigenvalue weighted by atomic mass is 16.2. The lowest BCUT2D eigenvalue weighted by atomic mass is 9.87. The van der Waals surface area contributed by atoms with E-state index in [9.17, 15) is 4.79 Å². The summed E-state index contributed by atoms with van der Waals surface area (Å²) < 4.78 is 0. The molecule has 96 valence electrons. The van der Waals surface area contributed by atoms with Crippen LogP contribution >= 0.6 is 0 Å². The lowest BCUT2D eigenvalue weighted by Crippen LogP contribution is -2.46. The van der Waals surface area contributed by atoms with Crippen LogP contribution in [0.4, 0.5) is 4.79 Å². The molecule has 2 aliphatic carbocycles. The van der Waals surface area contributed by atoms with E-state index in [4.69, 9.17) is 5.73 Å².